The third-order valence-electron chi connectivity index (χ3n) is 19.3. The first-order valence-corrected chi connectivity index (χ1v) is 32.7. The number of fused-ring (bicyclic) bond motifs is 12. The van der Waals surface area contributed by atoms with Crippen molar-refractivity contribution in [1.82, 2.24) is 18.3 Å². The first-order valence-electron chi connectivity index (χ1n) is 32.7. The van der Waals surface area contributed by atoms with Gasteiger partial charge in [0.15, 0.2) is 0 Å². The molecule has 92 heavy (non-hydrogen) atoms. The molecule has 4 heteroatoms. The Bertz CT molecular complexity index is 5180. The lowest BCUT2D eigenvalue weighted by atomic mass is 9.87. The summed E-state index contributed by atoms with van der Waals surface area (Å²) in [5.74, 6) is 0. The smallest absolute Gasteiger partial charge is 0.0541 e. The van der Waals surface area contributed by atoms with Crippen LogP contribution in [0.1, 0.15) is 105 Å². The standard InChI is InChI=1S/2C44H40N2/c1-43(2,3)31-13-11-15-33(27-31)45-39-19-9-7-17-35(39)37-25-29(21-23-41(37)45)30-22-24-42-38(26-30)36-18-8-10-20-40(36)46(42)34-16-12-14-32(28-34)44(4,5)6;1-43(2,3)31-17-21-33(22-18-31)45-39-13-9-7-11-35(39)37-27-29(15-25-41(37)45)30-16-26-42-38(28-30)36-12-8-10-14-40(36)46(42)34-23-19-32(20-24-34)44(4,5)6/h2*7-28H,1-6H3. The second-order valence-corrected chi connectivity index (χ2v) is 29.5. The predicted octanol–water partition coefficient (Wildman–Crippen LogP) is 24.3. The maximum atomic E-state index is 2.42. The van der Waals surface area contributed by atoms with Crippen molar-refractivity contribution in [3.05, 3.63) is 289 Å². The van der Waals surface area contributed by atoms with Crippen LogP contribution in [0, 0.1) is 0 Å². The summed E-state index contributed by atoms with van der Waals surface area (Å²) in [4.78, 5) is 0. The highest BCUT2D eigenvalue weighted by molar-refractivity contribution is 6.15. The zero-order chi connectivity index (χ0) is 63.6. The molecule has 0 radical (unpaired) electrons. The van der Waals surface area contributed by atoms with Gasteiger partial charge >= 0.3 is 0 Å². The summed E-state index contributed by atoms with van der Waals surface area (Å²) in [6.07, 6.45) is 0. The highest BCUT2D eigenvalue weighted by Gasteiger charge is 2.23. The molecule has 0 N–H and O–H groups in total. The van der Waals surface area contributed by atoms with Gasteiger partial charge in [-0.05, 0) is 187 Å². The topological polar surface area (TPSA) is 19.7 Å². The van der Waals surface area contributed by atoms with Gasteiger partial charge in [-0.2, -0.15) is 0 Å². The van der Waals surface area contributed by atoms with Gasteiger partial charge < -0.3 is 18.3 Å². The van der Waals surface area contributed by atoms with Gasteiger partial charge in [0.05, 0.1) is 44.1 Å². The van der Waals surface area contributed by atoms with Crippen molar-refractivity contribution in [3.8, 4) is 45.0 Å². The van der Waals surface area contributed by atoms with Gasteiger partial charge in [-0.3, -0.25) is 0 Å². The molecule has 4 nitrogen and oxygen atoms in total. The molecule has 0 fully saturated rings. The minimum atomic E-state index is 0.0824. The number of aromatic nitrogens is 4. The summed E-state index contributed by atoms with van der Waals surface area (Å²) >= 11 is 0. The molecule has 452 valence electrons. The van der Waals surface area contributed by atoms with Gasteiger partial charge in [-0.1, -0.05) is 229 Å². The number of benzene rings is 12. The Labute approximate surface area is 541 Å². The third kappa shape index (κ3) is 10.1. The summed E-state index contributed by atoms with van der Waals surface area (Å²) < 4.78 is 9.66. The Morgan fingerprint density at radius 1 is 0.174 bits per heavy atom. The molecule has 4 aromatic heterocycles. The average Bonchev–Trinajstić information content (AvgIpc) is 1.60. The molecule has 4 heterocycles. The molecule has 0 amide bonds. The van der Waals surface area contributed by atoms with Crippen molar-refractivity contribution >= 4 is 87.2 Å². The molecule has 0 aliphatic heterocycles. The van der Waals surface area contributed by atoms with E-state index in [0.717, 1.165) is 0 Å². The highest BCUT2D eigenvalue weighted by Crippen LogP contribution is 2.42. The van der Waals surface area contributed by atoms with E-state index in [0.29, 0.717) is 0 Å². The lowest BCUT2D eigenvalue weighted by Gasteiger charge is -2.20. The molecule has 16 rings (SSSR count). The van der Waals surface area contributed by atoms with E-state index in [-0.39, 0.29) is 21.7 Å². The fourth-order valence-corrected chi connectivity index (χ4v) is 14.2. The van der Waals surface area contributed by atoms with Crippen LogP contribution in [0.5, 0.6) is 0 Å². The molecule has 0 atom stereocenters. The number of rotatable bonds is 6. The Hall–Kier alpha value is -10.2. The molecular weight excluding hydrogens is 1110 g/mol. The average molecular weight is 1190 g/mol. The molecule has 0 aliphatic carbocycles. The molecule has 0 saturated carbocycles. The maximum Gasteiger partial charge on any atom is 0.0541 e. The lowest BCUT2D eigenvalue weighted by molar-refractivity contribution is 0.589. The fraction of sp³-hybridized carbons (Fsp3) is 0.182. The van der Waals surface area contributed by atoms with Crippen LogP contribution in [-0.2, 0) is 21.7 Å². The summed E-state index contributed by atoms with van der Waals surface area (Å²) in [7, 11) is 0. The van der Waals surface area contributed by atoms with Crippen molar-refractivity contribution in [2.45, 2.75) is 105 Å². The largest absolute Gasteiger partial charge is 0.309 e. The van der Waals surface area contributed by atoms with Gasteiger partial charge in [0, 0.05) is 65.8 Å². The van der Waals surface area contributed by atoms with E-state index in [1.54, 1.807) is 0 Å². The summed E-state index contributed by atoms with van der Waals surface area (Å²) in [5.41, 5.74) is 25.3. The van der Waals surface area contributed by atoms with Crippen molar-refractivity contribution in [2.24, 2.45) is 0 Å². The van der Waals surface area contributed by atoms with Crippen LogP contribution in [-0.4, -0.2) is 18.3 Å². The predicted molar refractivity (Wildman–Crippen MR) is 396 cm³/mol. The molecule has 12 aromatic carbocycles. The molecule has 0 saturated heterocycles. The van der Waals surface area contributed by atoms with Crippen LogP contribution in [0.25, 0.3) is 132 Å². The van der Waals surface area contributed by atoms with E-state index in [4.69, 9.17) is 0 Å². The molecule has 0 aliphatic rings. The zero-order valence-electron chi connectivity index (χ0n) is 55.2. The summed E-state index contributed by atoms with van der Waals surface area (Å²) in [6.45, 7) is 27.3. The van der Waals surface area contributed by atoms with Crippen LogP contribution in [0.2, 0.25) is 0 Å². The van der Waals surface area contributed by atoms with Gasteiger partial charge in [-0.25, -0.2) is 0 Å². The first kappa shape index (κ1) is 58.2. The highest BCUT2D eigenvalue weighted by atomic mass is 15.0. The maximum absolute atomic E-state index is 2.42. The summed E-state index contributed by atoms with van der Waals surface area (Å²) in [6, 6.07) is 99.2. The Morgan fingerprint density at radius 3 is 0.674 bits per heavy atom. The normalized spacial score (nSPS) is 12.6. The van der Waals surface area contributed by atoms with Crippen molar-refractivity contribution in [1.29, 1.82) is 0 Å². The van der Waals surface area contributed by atoms with Crippen LogP contribution in [0.4, 0.5) is 0 Å². The zero-order valence-corrected chi connectivity index (χ0v) is 55.2. The van der Waals surface area contributed by atoms with E-state index < -0.39 is 0 Å². The molecule has 0 bridgehead atoms. The second-order valence-electron chi connectivity index (χ2n) is 29.5. The first-order chi connectivity index (χ1) is 44.2. The minimum Gasteiger partial charge on any atom is -0.309 e. The summed E-state index contributed by atoms with van der Waals surface area (Å²) in [5, 5.41) is 10.2. The quantitative estimate of drug-likeness (QED) is 0.158. The van der Waals surface area contributed by atoms with Gasteiger partial charge in [0.25, 0.3) is 0 Å². The molecule has 0 unspecified atom stereocenters. The van der Waals surface area contributed by atoms with Gasteiger partial charge in [-0.15, -0.1) is 0 Å². The number of hydrogen-bond donors (Lipinski definition) is 0. The van der Waals surface area contributed by atoms with Gasteiger partial charge in [0.1, 0.15) is 0 Å². The Kier molecular flexibility index (Phi) is 13.8. The van der Waals surface area contributed by atoms with E-state index in [9.17, 15) is 0 Å². The van der Waals surface area contributed by atoms with Crippen molar-refractivity contribution < 1.29 is 0 Å². The van der Waals surface area contributed by atoms with Crippen LogP contribution >= 0.6 is 0 Å². The van der Waals surface area contributed by atoms with Crippen LogP contribution in [0.15, 0.2) is 267 Å². The number of para-hydroxylation sites is 4. The minimum absolute atomic E-state index is 0.0824. The van der Waals surface area contributed by atoms with Crippen molar-refractivity contribution in [3.63, 3.8) is 0 Å². The molecule has 0 spiro atoms. The van der Waals surface area contributed by atoms with E-state index in [1.807, 2.05) is 0 Å². The SMILES string of the molecule is CC(C)(C)c1ccc(-n2c3ccccc3c3cc(-c4ccc5c(c4)c4ccccc4n5-c4ccc(C(C)(C)C)cc4)ccc32)cc1.CC(C)(C)c1cccc(-n2c3ccccc3c3cc(-c4ccc5c(c4)c4ccccc4n5-c4cccc(C(C)(C)C)c4)ccc32)c1. The molecular formula is C88H80N4. The van der Waals surface area contributed by atoms with Crippen molar-refractivity contribution in [2.75, 3.05) is 0 Å². The monoisotopic (exact) mass is 1190 g/mol. The van der Waals surface area contributed by atoms with Gasteiger partial charge in [0.2, 0.25) is 0 Å². The lowest BCUT2D eigenvalue weighted by Crippen LogP contribution is -2.11. The van der Waals surface area contributed by atoms with E-state index in [1.165, 1.54) is 154 Å². The van der Waals surface area contributed by atoms with Crippen LogP contribution < -0.4 is 0 Å². The fourth-order valence-electron chi connectivity index (χ4n) is 14.2. The molecule has 16 aromatic rings. The van der Waals surface area contributed by atoms with E-state index >= 15 is 0 Å². The third-order valence-corrected chi connectivity index (χ3v) is 19.3. The second kappa shape index (κ2) is 21.8. The van der Waals surface area contributed by atoms with E-state index in [2.05, 4.69) is 368 Å². The van der Waals surface area contributed by atoms with Crippen LogP contribution in [0.3, 0.4) is 0 Å². The Balaban J connectivity index is 0.000000153. The number of hydrogen-bond acceptors (Lipinski definition) is 0. The Morgan fingerprint density at radius 2 is 0.413 bits per heavy atom. The number of nitrogens with zero attached hydrogens (tertiary/aromatic N) is 4.